The first-order valence-electron chi connectivity index (χ1n) is 3.51. The molecule has 0 aliphatic carbocycles. The summed E-state index contributed by atoms with van der Waals surface area (Å²) in [6, 6.07) is 0. The van der Waals surface area contributed by atoms with Crippen LogP contribution in [0.5, 0.6) is 0 Å². The van der Waals surface area contributed by atoms with Crippen molar-refractivity contribution in [3.63, 3.8) is 0 Å². The van der Waals surface area contributed by atoms with Gasteiger partial charge in [0.1, 0.15) is 0 Å². The number of ether oxygens (including phenoxy) is 1. The van der Waals surface area contributed by atoms with Crippen LogP contribution in [0.4, 0.5) is 0 Å². The van der Waals surface area contributed by atoms with Crippen LogP contribution in [-0.4, -0.2) is 38.1 Å². The molecule has 0 amide bonds. The van der Waals surface area contributed by atoms with E-state index in [1.165, 1.54) is 0 Å². The highest BCUT2D eigenvalue weighted by atomic mass is 16.5. The number of cyclic esters (lactones) is 1. The second kappa shape index (κ2) is 3.01. The first-order valence-corrected chi connectivity index (χ1v) is 3.51. The Balaban J connectivity index is 2.33. The fourth-order valence-corrected chi connectivity index (χ4v) is 1.14. The zero-order chi connectivity index (χ0) is 7.56. The van der Waals surface area contributed by atoms with Gasteiger partial charge in [0.2, 0.25) is 0 Å². The molecule has 0 saturated carbocycles. The molecular weight excluding hydrogens is 130 g/mol. The summed E-state index contributed by atoms with van der Waals surface area (Å²) in [6.07, 6.45) is 0.886. The van der Waals surface area contributed by atoms with E-state index in [-0.39, 0.29) is 11.9 Å². The Kier molecular flexibility index (Phi) is 2.27. The van der Waals surface area contributed by atoms with Gasteiger partial charge in [-0.15, -0.1) is 0 Å². The topological polar surface area (TPSA) is 29.5 Å². The average Bonchev–Trinajstić information content (AvgIpc) is 2.15. The van der Waals surface area contributed by atoms with Crippen molar-refractivity contribution in [2.45, 2.75) is 6.42 Å². The van der Waals surface area contributed by atoms with E-state index < -0.39 is 0 Å². The standard InChI is InChI=1S/C7H13NO2/c1-8(2)5-6-3-4-10-7(6)9/h6H,3-5H2,1-2H3. The van der Waals surface area contributed by atoms with Crippen LogP contribution in [0, 0.1) is 5.92 Å². The maximum atomic E-state index is 10.9. The largest absolute Gasteiger partial charge is 0.465 e. The first-order chi connectivity index (χ1) is 4.70. The molecular formula is C7H13NO2. The van der Waals surface area contributed by atoms with Crippen molar-refractivity contribution in [1.82, 2.24) is 4.90 Å². The number of hydrogen-bond acceptors (Lipinski definition) is 3. The molecule has 1 aliphatic rings. The zero-order valence-electron chi connectivity index (χ0n) is 6.46. The average molecular weight is 143 g/mol. The molecule has 1 rings (SSSR count). The van der Waals surface area contributed by atoms with Gasteiger partial charge in [-0.25, -0.2) is 0 Å². The van der Waals surface area contributed by atoms with Crippen LogP contribution in [-0.2, 0) is 9.53 Å². The fourth-order valence-electron chi connectivity index (χ4n) is 1.14. The summed E-state index contributed by atoms with van der Waals surface area (Å²) in [4.78, 5) is 12.9. The molecule has 3 nitrogen and oxygen atoms in total. The van der Waals surface area contributed by atoms with Crippen molar-refractivity contribution in [2.75, 3.05) is 27.2 Å². The number of rotatable bonds is 2. The Morgan fingerprint density at radius 3 is 2.80 bits per heavy atom. The second-order valence-electron chi connectivity index (χ2n) is 2.92. The summed E-state index contributed by atoms with van der Waals surface area (Å²) in [5.41, 5.74) is 0. The fraction of sp³-hybridized carbons (Fsp3) is 0.857. The quantitative estimate of drug-likeness (QED) is 0.514. The normalized spacial score (nSPS) is 25.5. The lowest BCUT2D eigenvalue weighted by Crippen LogP contribution is -2.24. The van der Waals surface area contributed by atoms with Crippen molar-refractivity contribution >= 4 is 5.97 Å². The lowest BCUT2D eigenvalue weighted by atomic mass is 10.1. The van der Waals surface area contributed by atoms with Crippen LogP contribution in [0.3, 0.4) is 0 Å². The van der Waals surface area contributed by atoms with Crippen molar-refractivity contribution in [3.05, 3.63) is 0 Å². The monoisotopic (exact) mass is 143 g/mol. The highest BCUT2D eigenvalue weighted by Crippen LogP contribution is 2.14. The molecule has 0 radical (unpaired) electrons. The third-order valence-corrected chi connectivity index (χ3v) is 1.63. The van der Waals surface area contributed by atoms with Crippen LogP contribution < -0.4 is 0 Å². The summed E-state index contributed by atoms with van der Waals surface area (Å²) in [7, 11) is 3.93. The van der Waals surface area contributed by atoms with Crippen LogP contribution >= 0.6 is 0 Å². The molecule has 0 aromatic carbocycles. The van der Waals surface area contributed by atoms with E-state index in [2.05, 4.69) is 0 Å². The Morgan fingerprint density at radius 2 is 2.40 bits per heavy atom. The number of hydrogen-bond donors (Lipinski definition) is 0. The molecule has 0 bridgehead atoms. The van der Waals surface area contributed by atoms with E-state index >= 15 is 0 Å². The van der Waals surface area contributed by atoms with Crippen LogP contribution in [0.25, 0.3) is 0 Å². The minimum atomic E-state index is -0.0336. The number of carbonyl (C=O) groups excluding carboxylic acids is 1. The van der Waals surface area contributed by atoms with Crippen molar-refractivity contribution in [3.8, 4) is 0 Å². The molecule has 1 fully saturated rings. The zero-order valence-corrected chi connectivity index (χ0v) is 6.46. The van der Waals surface area contributed by atoms with E-state index in [1.807, 2.05) is 19.0 Å². The van der Waals surface area contributed by atoms with Crippen molar-refractivity contribution in [2.24, 2.45) is 5.92 Å². The van der Waals surface area contributed by atoms with Gasteiger partial charge in [0.25, 0.3) is 0 Å². The molecule has 1 saturated heterocycles. The van der Waals surface area contributed by atoms with E-state index in [1.54, 1.807) is 0 Å². The van der Waals surface area contributed by atoms with Crippen molar-refractivity contribution < 1.29 is 9.53 Å². The van der Waals surface area contributed by atoms with Gasteiger partial charge in [0.15, 0.2) is 0 Å². The van der Waals surface area contributed by atoms with Crippen LogP contribution in [0.15, 0.2) is 0 Å². The Hall–Kier alpha value is -0.570. The summed E-state index contributed by atoms with van der Waals surface area (Å²) >= 11 is 0. The number of carbonyl (C=O) groups is 1. The lowest BCUT2D eigenvalue weighted by molar-refractivity contribution is -0.141. The summed E-state index contributed by atoms with van der Waals surface area (Å²) in [5.74, 6) is 0.0868. The van der Waals surface area contributed by atoms with Crippen molar-refractivity contribution in [1.29, 1.82) is 0 Å². The molecule has 10 heavy (non-hydrogen) atoms. The predicted octanol–water partition coefficient (Wildman–Crippen LogP) is 0.111. The molecule has 0 aromatic rings. The molecule has 1 aliphatic heterocycles. The summed E-state index contributed by atoms with van der Waals surface area (Å²) in [5, 5.41) is 0. The van der Waals surface area contributed by atoms with Gasteiger partial charge < -0.3 is 9.64 Å². The third-order valence-electron chi connectivity index (χ3n) is 1.63. The molecule has 0 spiro atoms. The van der Waals surface area contributed by atoms with Crippen LogP contribution in [0.2, 0.25) is 0 Å². The molecule has 1 unspecified atom stereocenters. The summed E-state index contributed by atoms with van der Waals surface area (Å²) < 4.78 is 4.80. The Morgan fingerprint density at radius 1 is 1.70 bits per heavy atom. The van der Waals surface area contributed by atoms with Gasteiger partial charge in [0.05, 0.1) is 12.5 Å². The van der Waals surface area contributed by atoms with Gasteiger partial charge in [-0.05, 0) is 20.5 Å². The van der Waals surface area contributed by atoms with Gasteiger partial charge in [-0.3, -0.25) is 4.79 Å². The van der Waals surface area contributed by atoms with Crippen LogP contribution in [0.1, 0.15) is 6.42 Å². The van der Waals surface area contributed by atoms with E-state index in [0.29, 0.717) is 6.61 Å². The predicted molar refractivity (Wildman–Crippen MR) is 37.6 cm³/mol. The van der Waals surface area contributed by atoms with Gasteiger partial charge >= 0.3 is 5.97 Å². The number of nitrogens with zero attached hydrogens (tertiary/aromatic N) is 1. The molecule has 3 heteroatoms. The molecule has 0 aromatic heterocycles. The highest BCUT2D eigenvalue weighted by molar-refractivity contribution is 5.74. The smallest absolute Gasteiger partial charge is 0.310 e. The minimum Gasteiger partial charge on any atom is -0.465 e. The van der Waals surface area contributed by atoms with Gasteiger partial charge in [0, 0.05) is 6.54 Å². The maximum absolute atomic E-state index is 10.9. The number of esters is 1. The molecule has 1 heterocycles. The van der Waals surface area contributed by atoms with Gasteiger partial charge in [-0.2, -0.15) is 0 Å². The van der Waals surface area contributed by atoms with E-state index in [4.69, 9.17) is 4.74 Å². The highest BCUT2D eigenvalue weighted by Gasteiger charge is 2.26. The molecule has 58 valence electrons. The maximum Gasteiger partial charge on any atom is 0.310 e. The second-order valence-corrected chi connectivity index (χ2v) is 2.92. The minimum absolute atomic E-state index is 0.0336. The van der Waals surface area contributed by atoms with E-state index in [9.17, 15) is 4.79 Å². The van der Waals surface area contributed by atoms with E-state index in [0.717, 1.165) is 13.0 Å². The third kappa shape index (κ3) is 1.70. The first kappa shape index (κ1) is 7.54. The SMILES string of the molecule is CN(C)CC1CCOC1=O. The summed E-state index contributed by atoms with van der Waals surface area (Å²) in [6.45, 7) is 1.43. The Bertz CT molecular complexity index is 134. The molecule has 1 atom stereocenters. The molecule has 0 N–H and O–H groups in total. The lowest BCUT2D eigenvalue weighted by Gasteiger charge is -2.11. The van der Waals surface area contributed by atoms with Gasteiger partial charge in [-0.1, -0.05) is 0 Å². The Labute approximate surface area is 61.0 Å².